The van der Waals surface area contributed by atoms with Crippen LogP contribution in [-0.2, 0) is 0 Å². The van der Waals surface area contributed by atoms with Gasteiger partial charge in [-0.15, -0.1) is 0 Å². The number of hydrogen-bond donors (Lipinski definition) is 5. The molecule has 3 aromatic rings. The third-order valence-corrected chi connectivity index (χ3v) is 4.75. The van der Waals surface area contributed by atoms with Crippen molar-refractivity contribution in [3.05, 3.63) is 76.1 Å². The summed E-state index contributed by atoms with van der Waals surface area (Å²) in [6.45, 7) is 0. The van der Waals surface area contributed by atoms with E-state index in [1.807, 2.05) is 10.7 Å². The molecule has 3 rings (SSSR count). The normalized spacial score (nSPS) is 13.5. The summed E-state index contributed by atoms with van der Waals surface area (Å²) in [4.78, 5) is 0. The smallest absolute Gasteiger partial charge is 0.373 e. The first-order valence-corrected chi connectivity index (χ1v) is 9.40. The van der Waals surface area contributed by atoms with Crippen LogP contribution in [0.3, 0.4) is 0 Å². The Labute approximate surface area is 188 Å². The van der Waals surface area contributed by atoms with Crippen LogP contribution in [0.1, 0.15) is 17.6 Å². The van der Waals surface area contributed by atoms with E-state index in [-0.39, 0.29) is 16.8 Å². The van der Waals surface area contributed by atoms with E-state index in [1.54, 1.807) is 0 Å². The molecule has 0 aliphatic carbocycles. The first-order valence-electron chi connectivity index (χ1n) is 9.02. The van der Waals surface area contributed by atoms with Gasteiger partial charge in [0, 0.05) is 6.21 Å². The number of nitrogens with zero attached hydrogens (tertiary/aromatic N) is 1. The molecule has 1 atom stereocenters. The third kappa shape index (κ3) is 4.88. The molecule has 13 heteroatoms. The second-order valence-electron chi connectivity index (χ2n) is 6.48. The van der Waals surface area contributed by atoms with Gasteiger partial charge in [-0.3, -0.25) is 5.84 Å². The zero-order valence-corrected chi connectivity index (χ0v) is 17.1. The summed E-state index contributed by atoms with van der Waals surface area (Å²) < 4.78 is 75.3. The van der Waals surface area contributed by atoms with E-state index in [9.17, 15) is 27.1 Å². The molecule has 0 fully saturated rings. The van der Waals surface area contributed by atoms with Crippen molar-refractivity contribution in [2.75, 3.05) is 5.32 Å². The standard InChI is InChI=1S/C20H15ClF5N5O2/c21-10-4-3-6-12(23)14(10)16-15(19(32)30-28)17(33-31-16)9(8-27)18(20(24,25)26)29-13-7-2-1-5-11(13)22/h1-8,19,27,29-30,32H,28H2/b18-9+,27-8?/t19-/m1/s1. The van der Waals surface area contributed by atoms with Gasteiger partial charge in [0.2, 0.25) is 0 Å². The van der Waals surface area contributed by atoms with Gasteiger partial charge in [0.05, 0.1) is 27.4 Å². The van der Waals surface area contributed by atoms with Gasteiger partial charge in [-0.1, -0.05) is 35.0 Å². The van der Waals surface area contributed by atoms with E-state index >= 15 is 0 Å². The van der Waals surface area contributed by atoms with Crippen LogP contribution in [0, 0.1) is 17.0 Å². The van der Waals surface area contributed by atoms with Crippen molar-refractivity contribution in [2.45, 2.75) is 12.4 Å². The average Bonchev–Trinajstić information content (AvgIpc) is 3.18. The number of aliphatic hydroxyl groups excluding tert-OH is 1. The average molecular weight is 488 g/mol. The molecule has 2 aromatic carbocycles. The number of nitrogens with one attached hydrogen (secondary N) is 3. The molecule has 1 aromatic heterocycles. The molecular formula is C20H15ClF5N5O2. The number of anilines is 1. The predicted molar refractivity (Wildman–Crippen MR) is 111 cm³/mol. The maximum atomic E-state index is 14.5. The Balaban J connectivity index is 2.31. The number of hydrogen-bond acceptors (Lipinski definition) is 7. The topological polar surface area (TPSA) is 120 Å². The van der Waals surface area contributed by atoms with Gasteiger partial charge in [-0.05, 0) is 24.3 Å². The monoisotopic (exact) mass is 487 g/mol. The fourth-order valence-corrected chi connectivity index (χ4v) is 3.22. The first kappa shape index (κ1) is 24.3. The highest BCUT2D eigenvalue weighted by molar-refractivity contribution is 6.33. The fraction of sp³-hybridized carbons (Fsp3) is 0.100. The maximum Gasteiger partial charge on any atom is 0.432 e. The van der Waals surface area contributed by atoms with Gasteiger partial charge in [-0.2, -0.15) is 13.2 Å². The molecule has 33 heavy (non-hydrogen) atoms. The first-order chi connectivity index (χ1) is 15.6. The van der Waals surface area contributed by atoms with Crippen molar-refractivity contribution < 1.29 is 31.6 Å². The highest BCUT2D eigenvalue weighted by atomic mass is 35.5. The number of halogens is 6. The van der Waals surface area contributed by atoms with Gasteiger partial charge >= 0.3 is 6.18 Å². The molecule has 0 aliphatic rings. The van der Waals surface area contributed by atoms with Crippen LogP contribution in [0.25, 0.3) is 16.8 Å². The quantitative estimate of drug-likeness (QED) is 0.108. The van der Waals surface area contributed by atoms with Crippen LogP contribution in [0.15, 0.2) is 52.7 Å². The number of alkyl halides is 3. The molecule has 7 nitrogen and oxygen atoms in total. The second-order valence-corrected chi connectivity index (χ2v) is 6.88. The van der Waals surface area contributed by atoms with Gasteiger partial charge in [0.15, 0.2) is 5.76 Å². The van der Waals surface area contributed by atoms with Crippen LogP contribution in [0.4, 0.5) is 27.6 Å². The van der Waals surface area contributed by atoms with Gasteiger partial charge in [-0.25, -0.2) is 14.2 Å². The largest absolute Gasteiger partial charge is 0.432 e. The van der Waals surface area contributed by atoms with Crippen LogP contribution >= 0.6 is 11.6 Å². The van der Waals surface area contributed by atoms with E-state index in [2.05, 4.69) is 5.16 Å². The summed E-state index contributed by atoms with van der Waals surface area (Å²) in [6.07, 6.45) is -6.79. The highest BCUT2D eigenvalue weighted by Gasteiger charge is 2.40. The molecule has 0 radical (unpaired) electrons. The van der Waals surface area contributed by atoms with Crippen LogP contribution < -0.4 is 16.6 Å². The highest BCUT2D eigenvalue weighted by Crippen LogP contribution is 2.40. The fourth-order valence-electron chi connectivity index (χ4n) is 2.97. The molecule has 1 heterocycles. The number of aliphatic hydroxyl groups is 1. The third-order valence-electron chi connectivity index (χ3n) is 4.43. The van der Waals surface area contributed by atoms with E-state index in [0.29, 0.717) is 0 Å². The van der Waals surface area contributed by atoms with Crippen molar-refractivity contribution in [2.24, 2.45) is 5.84 Å². The Morgan fingerprint density at radius 3 is 2.39 bits per heavy atom. The second kappa shape index (κ2) is 9.67. The molecule has 174 valence electrons. The lowest BCUT2D eigenvalue weighted by Gasteiger charge is -2.18. The van der Waals surface area contributed by atoms with Crippen LogP contribution in [-0.4, -0.2) is 22.7 Å². The number of para-hydroxylation sites is 1. The van der Waals surface area contributed by atoms with Crippen molar-refractivity contribution in [1.82, 2.24) is 10.6 Å². The molecule has 0 saturated carbocycles. The molecule has 0 amide bonds. The number of benzene rings is 2. The van der Waals surface area contributed by atoms with Crippen molar-refractivity contribution in [3.8, 4) is 11.3 Å². The summed E-state index contributed by atoms with van der Waals surface area (Å²) >= 11 is 6.02. The van der Waals surface area contributed by atoms with Crippen LogP contribution in [0.2, 0.25) is 5.02 Å². The molecule has 0 unspecified atom stereocenters. The maximum absolute atomic E-state index is 14.5. The number of rotatable bonds is 7. The van der Waals surface area contributed by atoms with Gasteiger partial charge < -0.3 is 20.4 Å². The SMILES string of the molecule is N=C/C(=C(\Nc1ccccc1F)C(F)(F)F)c1onc(-c2c(F)cccc2Cl)c1[C@@H](O)NN. The minimum atomic E-state index is -5.14. The lowest BCUT2D eigenvalue weighted by Crippen LogP contribution is -2.29. The zero-order chi connectivity index (χ0) is 24.3. The number of allylic oxidation sites excluding steroid dienone is 2. The van der Waals surface area contributed by atoms with Crippen LogP contribution in [0.5, 0.6) is 0 Å². The number of hydrazine groups is 1. The molecule has 0 bridgehead atoms. The number of aromatic nitrogens is 1. The lowest BCUT2D eigenvalue weighted by atomic mass is 9.99. The minimum Gasteiger partial charge on any atom is -0.373 e. The van der Waals surface area contributed by atoms with E-state index < -0.39 is 58.0 Å². The van der Waals surface area contributed by atoms with E-state index in [0.717, 1.165) is 18.2 Å². The zero-order valence-electron chi connectivity index (χ0n) is 16.3. The van der Waals surface area contributed by atoms with Gasteiger partial charge in [0.1, 0.15) is 29.3 Å². The molecule has 6 N–H and O–H groups in total. The Hall–Kier alpha value is -3.32. The van der Waals surface area contributed by atoms with Crippen molar-refractivity contribution >= 4 is 29.1 Å². The molecule has 0 aliphatic heterocycles. The van der Waals surface area contributed by atoms with Gasteiger partial charge in [0.25, 0.3) is 0 Å². The Bertz CT molecular complexity index is 1190. The minimum absolute atomic E-state index is 0.179. The molecular weight excluding hydrogens is 473 g/mol. The number of nitrogens with two attached hydrogens (primary N) is 1. The summed E-state index contributed by atoms with van der Waals surface area (Å²) in [5.74, 6) is 2.56. The van der Waals surface area contributed by atoms with Crippen molar-refractivity contribution in [3.63, 3.8) is 0 Å². The summed E-state index contributed by atoms with van der Waals surface area (Å²) in [6, 6.07) is 8.12. The summed E-state index contributed by atoms with van der Waals surface area (Å²) in [5, 5.41) is 23.2. The summed E-state index contributed by atoms with van der Waals surface area (Å²) in [5.41, 5.74) is -2.57. The Morgan fingerprint density at radius 2 is 1.82 bits per heavy atom. The predicted octanol–water partition coefficient (Wildman–Crippen LogP) is 4.76. The molecule has 0 spiro atoms. The lowest BCUT2D eigenvalue weighted by molar-refractivity contribution is -0.0896. The van der Waals surface area contributed by atoms with E-state index in [1.165, 1.54) is 24.3 Å². The van der Waals surface area contributed by atoms with Crippen molar-refractivity contribution in [1.29, 1.82) is 5.41 Å². The summed E-state index contributed by atoms with van der Waals surface area (Å²) in [7, 11) is 0. The Kier molecular flexibility index (Phi) is 7.12. The molecule has 0 saturated heterocycles. The van der Waals surface area contributed by atoms with E-state index in [4.69, 9.17) is 27.4 Å². The Morgan fingerprint density at radius 1 is 1.15 bits per heavy atom.